The second-order valence-corrected chi connectivity index (χ2v) is 3.77. The van der Waals surface area contributed by atoms with Crippen molar-refractivity contribution in [2.45, 2.75) is 0 Å². The van der Waals surface area contributed by atoms with Gasteiger partial charge in [0, 0.05) is 59.1 Å². The molecule has 0 heterocycles. The van der Waals surface area contributed by atoms with E-state index in [1.165, 1.54) is 0 Å². The van der Waals surface area contributed by atoms with Crippen LogP contribution in [0.2, 0.25) is 0 Å². The van der Waals surface area contributed by atoms with Gasteiger partial charge < -0.3 is 10.2 Å². The Hall–Kier alpha value is 1.64. The first-order chi connectivity index (χ1) is 4.63. The molecule has 2 radical (unpaired) electrons. The fourth-order valence-electron chi connectivity index (χ4n) is 0.184. The van der Waals surface area contributed by atoms with Crippen LogP contribution >= 0.6 is 21.6 Å². The standard InChI is InChI=1S/C4H6O4S2.2Na/c5-3(6)1-9-10-2-4(7)8;;/h1-2H2,(H,5,6)(H,7,8);;. The van der Waals surface area contributed by atoms with E-state index in [0.717, 1.165) is 21.6 Å². The zero-order valence-electron chi connectivity index (χ0n) is 6.94. The van der Waals surface area contributed by atoms with E-state index in [1.807, 2.05) is 0 Å². The van der Waals surface area contributed by atoms with Gasteiger partial charge in [-0.25, -0.2) is 0 Å². The average Bonchev–Trinajstić information content (AvgIpc) is 1.79. The van der Waals surface area contributed by atoms with Gasteiger partial charge in [0.05, 0.1) is 0 Å². The molecule has 0 aliphatic heterocycles. The van der Waals surface area contributed by atoms with Gasteiger partial charge in [0.1, 0.15) is 11.5 Å². The normalized spacial score (nSPS) is 7.67. The van der Waals surface area contributed by atoms with Crippen LogP contribution in [0.25, 0.3) is 0 Å². The molecule has 0 aromatic heterocycles. The van der Waals surface area contributed by atoms with E-state index in [0.29, 0.717) is 0 Å². The fourth-order valence-corrected chi connectivity index (χ4v) is 1.66. The molecule has 0 aromatic rings. The van der Waals surface area contributed by atoms with E-state index in [2.05, 4.69) is 0 Å². The molecule has 0 unspecified atom stereocenters. The van der Waals surface area contributed by atoms with Crippen LogP contribution in [0.4, 0.5) is 0 Å². The third kappa shape index (κ3) is 17.7. The van der Waals surface area contributed by atoms with Crippen molar-refractivity contribution in [1.82, 2.24) is 0 Å². The molecule has 2 N–H and O–H groups in total. The van der Waals surface area contributed by atoms with Crippen molar-refractivity contribution in [1.29, 1.82) is 0 Å². The zero-order valence-corrected chi connectivity index (χ0v) is 12.6. The fraction of sp³-hybridized carbons (Fsp3) is 0.500. The average molecular weight is 228 g/mol. The van der Waals surface area contributed by atoms with E-state index in [9.17, 15) is 9.59 Å². The Kier molecular flexibility index (Phi) is 20.3. The summed E-state index contributed by atoms with van der Waals surface area (Å²) in [6.45, 7) is 0. The van der Waals surface area contributed by atoms with Crippen LogP contribution in [0.1, 0.15) is 0 Å². The third-order valence-corrected chi connectivity index (χ3v) is 2.55. The van der Waals surface area contributed by atoms with Gasteiger partial charge in [-0.15, -0.1) is 0 Å². The predicted octanol–water partition coefficient (Wildman–Crippen LogP) is -0.225. The zero-order chi connectivity index (χ0) is 7.98. The van der Waals surface area contributed by atoms with Gasteiger partial charge in [0.15, 0.2) is 0 Å². The van der Waals surface area contributed by atoms with Crippen LogP contribution in [-0.4, -0.2) is 92.8 Å². The molecule has 0 saturated heterocycles. The second kappa shape index (κ2) is 12.6. The number of hydrogen-bond acceptors (Lipinski definition) is 4. The Morgan fingerprint density at radius 2 is 1.17 bits per heavy atom. The van der Waals surface area contributed by atoms with Gasteiger partial charge in [-0.2, -0.15) is 0 Å². The minimum absolute atomic E-state index is 0. The topological polar surface area (TPSA) is 74.6 Å². The molecular weight excluding hydrogens is 222 g/mol. The van der Waals surface area contributed by atoms with Crippen molar-refractivity contribution in [3.63, 3.8) is 0 Å². The minimum atomic E-state index is -0.928. The number of carboxylic acids is 2. The molecule has 8 heteroatoms. The summed E-state index contributed by atoms with van der Waals surface area (Å²) in [7, 11) is 2.05. The number of aliphatic carboxylic acids is 2. The predicted molar refractivity (Wildman–Crippen MR) is 51.7 cm³/mol. The van der Waals surface area contributed by atoms with Crippen molar-refractivity contribution in [2.24, 2.45) is 0 Å². The molecular formula is C4H6Na2O4S2. The molecule has 0 atom stereocenters. The number of carboxylic acid groups (broad SMARTS) is 2. The smallest absolute Gasteiger partial charge is 0.314 e. The number of carbonyl (C=O) groups is 2. The Labute approximate surface area is 122 Å². The van der Waals surface area contributed by atoms with Crippen molar-refractivity contribution in [3.05, 3.63) is 0 Å². The van der Waals surface area contributed by atoms with Crippen LogP contribution in [0.3, 0.4) is 0 Å². The van der Waals surface area contributed by atoms with Gasteiger partial charge in [-0.3, -0.25) is 9.59 Å². The maximum absolute atomic E-state index is 9.86. The third-order valence-electron chi connectivity index (χ3n) is 0.448. The Morgan fingerprint density at radius 1 is 0.917 bits per heavy atom. The minimum Gasteiger partial charge on any atom is -0.481 e. The second-order valence-electron chi connectivity index (χ2n) is 1.31. The van der Waals surface area contributed by atoms with Crippen LogP contribution in [0.5, 0.6) is 0 Å². The van der Waals surface area contributed by atoms with Gasteiger partial charge in [-0.05, 0) is 0 Å². The van der Waals surface area contributed by atoms with E-state index in [4.69, 9.17) is 10.2 Å². The van der Waals surface area contributed by atoms with Crippen LogP contribution in [0.15, 0.2) is 0 Å². The summed E-state index contributed by atoms with van der Waals surface area (Å²) in [6.07, 6.45) is 0. The van der Waals surface area contributed by atoms with Crippen molar-refractivity contribution in [3.8, 4) is 0 Å². The monoisotopic (exact) mass is 228 g/mol. The summed E-state index contributed by atoms with van der Waals surface area (Å²) >= 11 is 0. The summed E-state index contributed by atoms with van der Waals surface area (Å²) in [6, 6.07) is 0. The maximum atomic E-state index is 9.86. The van der Waals surface area contributed by atoms with Crippen LogP contribution in [-0.2, 0) is 9.59 Å². The van der Waals surface area contributed by atoms with Crippen LogP contribution in [0, 0.1) is 0 Å². The summed E-state index contributed by atoms with van der Waals surface area (Å²) in [5, 5.41) is 16.2. The van der Waals surface area contributed by atoms with Crippen molar-refractivity contribution < 1.29 is 19.8 Å². The molecule has 0 amide bonds. The molecule has 0 aliphatic rings. The summed E-state index contributed by atoms with van der Waals surface area (Å²) < 4.78 is 0. The summed E-state index contributed by atoms with van der Waals surface area (Å²) in [4.78, 5) is 19.7. The van der Waals surface area contributed by atoms with Gasteiger partial charge >= 0.3 is 11.9 Å². The van der Waals surface area contributed by atoms with Crippen molar-refractivity contribution in [2.75, 3.05) is 11.5 Å². The Bertz CT molecular complexity index is 127. The Balaban J connectivity index is -0.000000405. The first-order valence-electron chi connectivity index (χ1n) is 2.31. The largest absolute Gasteiger partial charge is 0.481 e. The van der Waals surface area contributed by atoms with Gasteiger partial charge in [0.2, 0.25) is 0 Å². The molecule has 0 bridgehead atoms. The maximum Gasteiger partial charge on any atom is 0.314 e. The van der Waals surface area contributed by atoms with Gasteiger partial charge in [0.25, 0.3) is 0 Å². The molecule has 0 aliphatic carbocycles. The summed E-state index contributed by atoms with van der Waals surface area (Å²) in [5.74, 6) is -1.97. The SMILES string of the molecule is O=C(O)CSSCC(=O)O.[Na].[Na]. The first-order valence-corrected chi connectivity index (χ1v) is 4.79. The molecule has 0 fully saturated rings. The van der Waals surface area contributed by atoms with E-state index >= 15 is 0 Å². The van der Waals surface area contributed by atoms with E-state index in [1.54, 1.807) is 0 Å². The van der Waals surface area contributed by atoms with Crippen LogP contribution < -0.4 is 0 Å². The molecule has 60 valence electrons. The molecule has 12 heavy (non-hydrogen) atoms. The van der Waals surface area contributed by atoms with Crippen molar-refractivity contribution >= 4 is 92.6 Å². The quantitative estimate of drug-likeness (QED) is 0.385. The first kappa shape index (κ1) is 19.2. The summed E-state index contributed by atoms with van der Waals surface area (Å²) in [5.41, 5.74) is 0. The molecule has 0 spiro atoms. The Morgan fingerprint density at radius 3 is 1.33 bits per heavy atom. The molecule has 4 nitrogen and oxygen atoms in total. The number of rotatable bonds is 5. The number of hydrogen-bond donors (Lipinski definition) is 2. The molecule has 0 rings (SSSR count). The van der Waals surface area contributed by atoms with E-state index in [-0.39, 0.29) is 70.6 Å². The molecule has 0 saturated carbocycles. The van der Waals surface area contributed by atoms with Gasteiger partial charge in [-0.1, -0.05) is 21.6 Å². The molecule has 0 aromatic carbocycles. The van der Waals surface area contributed by atoms with E-state index < -0.39 is 11.9 Å².